The molecule has 6 heteroatoms. The number of rotatable bonds is 7. The van der Waals surface area contributed by atoms with Gasteiger partial charge in [-0.05, 0) is 48.7 Å². The minimum Gasteiger partial charge on any atom is -0.419 e. The maximum atomic E-state index is 13.4. The third kappa shape index (κ3) is 4.54. The van der Waals surface area contributed by atoms with Gasteiger partial charge >= 0.3 is 0 Å². The molecule has 4 rings (SSSR count). The fourth-order valence-corrected chi connectivity index (χ4v) is 4.57. The summed E-state index contributed by atoms with van der Waals surface area (Å²) in [4.78, 5) is 4.60. The molecule has 31 heavy (non-hydrogen) atoms. The minimum atomic E-state index is -3.86. The van der Waals surface area contributed by atoms with Crippen molar-refractivity contribution in [3.8, 4) is 11.5 Å². The van der Waals surface area contributed by atoms with Crippen LogP contribution in [0.15, 0.2) is 93.2 Å². The largest absolute Gasteiger partial charge is 0.419 e. The fraction of sp³-hybridized carbons (Fsp3) is 0.160. The zero-order chi connectivity index (χ0) is 21.8. The first-order chi connectivity index (χ1) is 15.0. The number of aromatic nitrogens is 1. The molecule has 158 valence electrons. The lowest BCUT2D eigenvalue weighted by Crippen LogP contribution is -2.07. The first-order valence-corrected chi connectivity index (χ1v) is 11.7. The van der Waals surface area contributed by atoms with Crippen LogP contribution in [-0.4, -0.2) is 13.4 Å². The van der Waals surface area contributed by atoms with Gasteiger partial charge in [-0.1, -0.05) is 67.1 Å². The average molecular weight is 433 g/mol. The van der Waals surface area contributed by atoms with Gasteiger partial charge in [0, 0.05) is 12.1 Å². The lowest BCUT2D eigenvalue weighted by atomic mass is 10.1. The van der Waals surface area contributed by atoms with E-state index < -0.39 is 9.84 Å². The third-order valence-electron chi connectivity index (χ3n) is 5.05. The van der Waals surface area contributed by atoms with E-state index in [9.17, 15) is 8.42 Å². The number of hydrogen-bond donors (Lipinski definition) is 1. The van der Waals surface area contributed by atoms with Crippen molar-refractivity contribution in [2.75, 3.05) is 5.32 Å². The summed E-state index contributed by atoms with van der Waals surface area (Å²) in [6.45, 7) is 4.41. The summed E-state index contributed by atoms with van der Waals surface area (Å²) in [5, 5.41) is 3.02. The van der Waals surface area contributed by atoms with Crippen molar-refractivity contribution in [1.82, 2.24) is 4.98 Å². The van der Waals surface area contributed by atoms with Crippen LogP contribution in [0.4, 0.5) is 5.88 Å². The number of oxazole rings is 1. The number of nitrogens with one attached hydrogen (secondary N) is 1. The van der Waals surface area contributed by atoms with Gasteiger partial charge in [0.05, 0.1) is 4.90 Å². The first kappa shape index (κ1) is 20.9. The Morgan fingerprint density at radius 2 is 1.65 bits per heavy atom. The number of hydrogen-bond acceptors (Lipinski definition) is 5. The van der Waals surface area contributed by atoms with Gasteiger partial charge in [-0.15, -0.1) is 0 Å². The molecule has 0 aliphatic rings. The van der Waals surface area contributed by atoms with Crippen LogP contribution in [0.1, 0.15) is 23.6 Å². The summed E-state index contributed by atoms with van der Waals surface area (Å²) in [5.41, 5.74) is 3.84. The maximum Gasteiger partial charge on any atom is 0.234 e. The molecule has 4 aromatic rings. The van der Waals surface area contributed by atoms with Gasteiger partial charge in [0.25, 0.3) is 0 Å². The van der Waals surface area contributed by atoms with Crippen LogP contribution < -0.4 is 5.32 Å². The molecule has 1 heterocycles. The molecule has 5 nitrogen and oxygen atoms in total. The van der Waals surface area contributed by atoms with Crippen molar-refractivity contribution >= 4 is 15.7 Å². The van der Waals surface area contributed by atoms with Crippen molar-refractivity contribution in [3.05, 3.63) is 95.6 Å². The molecule has 0 amide bonds. The van der Waals surface area contributed by atoms with E-state index in [1.54, 1.807) is 12.1 Å². The quantitative estimate of drug-likeness (QED) is 0.408. The predicted octanol–water partition coefficient (Wildman–Crippen LogP) is 5.66. The van der Waals surface area contributed by atoms with Crippen LogP contribution in [0.25, 0.3) is 11.5 Å². The molecule has 0 aliphatic heterocycles. The molecule has 0 spiro atoms. The van der Waals surface area contributed by atoms with Gasteiger partial charge in [0.2, 0.25) is 26.6 Å². The molecule has 1 N–H and O–H groups in total. The average Bonchev–Trinajstić information content (AvgIpc) is 3.24. The second-order valence-corrected chi connectivity index (χ2v) is 9.23. The van der Waals surface area contributed by atoms with Crippen molar-refractivity contribution < 1.29 is 12.8 Å². The highest BCUT2D eigenvalue weighted by Crippen LogP contribution is 2.33. The normalized spacial score (nSPS) is 11.4. The molecule has 0 unspecified atom stereocenters. The van der Waals surface area contributed by atoms with Gasteiger partial charge in [0.1, 0.15) is 0 Å². The summed E-state index contributed by atoms with van der Waals surface area (Å²) < 4.78 is 32.8. The van der Waals surface area contributed by atoms with E-state index in [0.29, 0.717) is 6.54 Å². The second kappa shape index (κ2) is 8.78. The van der Waals surface area contributed by atoms with Crippen molar-refractivity contribution in [2.24, 2.45) is 0 Å². The van der Waals surface area contributed by atoms with E-state index in [0.717, 1.165) is 28.7 Å². The first-order valence-electron chi connectivity index (χ1n) is 10.2. The van der Waals surface area contributed by atoms with Crippen LogP contribution in [0.5, 0.6) is 0 Å². The topological polar surface area (TPSA) is 72.2 Å². The number of benzene rings is 3. The molecule has 0 bridgehead atoms. The highest BCUT2D eigenvalue weighted by molar-refractivity contribution is 7.91. The number of anilines is 1. The van der Waals surface area contributed by atoms with Gasteiger partial charge < -0.3 is 9.73 Å². The van der Waals surface area contributed by atoms with Crippen molar-refractivity contribution in [3.63, 3.8) is 0 Å². The van der Waals surface area contributed by atoms with Crippen LogP contribution in [0.3, 0.4) is 0 Å². The Bertz CT molecular complexity index is 1280. The Balaban J connectivity index is 1.76. The van der Waals surface area contributed by atoms with Gasteiger partial charge in [0.15, 0.2) is 0 Å². The predicted molar refractivity (Wildman–Crippen MR) is 122 cm³/mol. The molecule has 0 fully saturated rings. The smallest absolute Gasteiger partial charge is 0.234 e. The SMILES string of the molecule is CCc1ccc(S(=O)(=O)c2nc(-c3cccc(C)c3)oc2NCc2ccccc2)cc1. The van der Waals surface area contributed by atoms with E-state index in [2.05, 4.69) is 10.3 Å². The Kier molecular flexibility index (Phi) is 5.91. The van der Waals surface area contributed by atoms with Crippen LogP contribution in [0.2, 0.25) is 0 Å². The molecule has 0 saturated heterocycles. The number of sulfone groups is 1. The highest BCUT2D eigenvalue weighted by Gasteiger charge is 2.28. The fourth-order valence-electron chi connectivity index (χ4n) is 3.30. The molecule has 3 aromatic carbocycles. The standard InChI is InChI=1S/C25H24N2O3S/c1-3-19-12-14-22(15-13-19)31(28,29)25-24(26-17-20-9-5-4-6-10-20)30-23(27-25)21-11-7-8-18(2)16-21/h4-16,26H,3,17H2,1-2H3. The molecular formula is C25H24N2O3S. The van der Waals surface area contributed by atoms with E-state index in [1.165, 1.54) is 0 Å². The Morgan fingerprint density at radius 1 is 0.903 bits per heavy atom. The summed E-state index contributed by atoms with van der Waals surface area (Å²) in [6.07, 6.45) is 0.839. The third-order valence-corrected chi connectivity index (χ3v) is 6.73. The van der Waals surface area contributed by atoms with Crippen molar-refractivity contribution in [1.29, 1.82) is 0 Å². The van der Waals surface area contributed by atoms with E-state index in [-0.39, 0.29) is 21.7 Å². The summed E-state index contributed by atoms with van der Waals surface area (Å²) in [6, 6.07) is 24.2. The lowest BCUT2D eigenvalue weighted by molar-refractivity contribution is 0.576. The minimum absolute atomic E-state index is 0.107. The van der Waals surface area contributed by atoms with E-state index in [4.69, 9.17) is 4.42 Å². The molecule has 0 aliphatic carbocycles. The summed E-state index contributed by atoms with van der Waals surface area (Å²) >= 11 is 0. The maximum absolute atomic E-state index is 13.4. The van der Waals surface area contributed by atoms with E-state index >= 15 is 0 Å². The zero-order valence-electron chi connectivity index (χ0n) is 17.5. The molecule has 0 saturated carbocycles. The van der Waals surface area contributed by atoms with Crippen LogP contribution in [0, 0.1) is 6.92 Å². The molecular weight excluding hydrogens is 408 g/mol. The monoisotopic (exact) mass is 432 g/mol. The molecule has 0 atom stereocenters. The molecule has 1 aromatic heterocycles. The highest BCUT2D eigenvalue weighted by atomic mass is 32.2. The lowest BCUT2D eigenvalue weighted by Gasteiger charge is -2.07. The Hall–Kier alpha value is -3.38. The van der Waals surface area contributed by atoms with Crippen LogP contribution in [-0.2, 0) is 22.8 Å². The van der Waals surface area contributed by atoms with Crippen molar-refractivity contribution in [2.45, 2.75) is 36.7 Å². The van der Waals surface area contributed by atoms with Crippen LogP contribution >= 0.6 is 0 Å². The van der Waals surface area contributed by atoms with Gasteiger partial charge in [-0.3, -0.25) is 0 Å². The van der Waals surface area contributed by atoms with E-state index in [1.807, 2.05) is 80.6 Å². The second-order valence-electron chi connectivity index (χ2n) is 7.36. The number of nitrogens with zero attached hydrogens (tertiary/aromatic N) is 1. The number of aryl methyl sites for hydroxylation is 2. The molecule has 0 radical (unpaired) electrons. The Labute approximate surface area is 182 Å². The van der Waals surface area contributed by atoms with Gasteiger partial charge in [-0.2, -0.15) is 4.98 Å². The zero-order valence-corrected chi connectivity index (χ0v) is 18.3. The van der Waals surface area contributed by atoms with Gasteiger partial charge in [-0.25, -0.2) is 8.42 Å². The summed E-state index contributed by atoms with van der Waals surface area (Å²) in [5.74, 6) is 0.406. The summed E-state index contributed by atoms with van der Waals surface area (Å²) in [7, 11) is -3.86. The Morgan fingerprint density at radius 3 is 2.32 bits per heavy atom.